The summed E-state index contributed by atoms with van der Waals surface area (Å²) in [4.78, 5) is 15.1. The highest BCUT2D eigenvalue weighted by Crippen LogP contribution is 2.62. The standard InChI is InChI=1S/C25H33N3O2/c1-17-22(18(2)28(26-17)21-7-5-4-6-8-21)15-27(3)23(29)14-24-10-19-9-20(11-24)13-25(30,12-19)16-24/h4-8,19-20,30H,9-16H2,1-3H3/t19-,20+,24?,25?. The summed E-state index contributed by atoms with van der Waals surface area (Å²) in [6.45, 7) is 4.68. The van der Waals surface area contributed by atoms with Crippen molar-refractivity contribution in [2.75, 3.05) is 7.05 Å². The van der Waals surface area contributed by atoms with Gasteiger partial charge in [0.05, 0.1) is 17.0 Å². The van der Waals surface area contributed by atoms with E-state index in [1.807, 2.05) is 41.8 Å². The van der Waals surface area contributed by atoms with Gasteiger partial charge < -0.3 is 10.0 Å². The van der Waals surface area contributed by atoms with Crippen LogP contribution in [0.3, 0.4) is 0 Å². The van der Waals surface area contributed by atoms with Gasteiger partial charge in [0, 0.05) is 31.3 Å². The number of aryl methyl sites for hydroxylation is 1. The molecule has 6 rings (SSSR count). The zero-order valence-corrected chi connectivity index (χ0v) is 18.4. The summed E-state index contributed by atoms with van der Waals surface area (Å²) < 4.78 is 1.97. The van der Waals surface area contributed by atoms with E-state index >= 15 is 0 Å². The zero-order chi connectivity index (χ0) is 21.1. The Hall–Kier alpha value is -2.14. The molecule has 160 valence electrons. The van der Waals surface area contributed by atoms with Crippen molar-refractivity contribution in [1.29, 1.82) is 0 Å². The van der Waals surface area contributed by atoms with Crippen LogP contribution in [0.5, 0.6) is 0 Å². The second kappa shape index (κ2) is 6.94. The van der Waals surface area contributed by atoms with Crippen molar-refractivity contribution in [2.45, 2.75) is 70.9 Å². The van der Waals surface area contributed by atoms with Gasteiger partial charge in [0.25, 0.3) is 0 Å². The maximum atomic E-state index is 13.3. The average molecular weight is 408 g/mol. The second-order valence-electron chi connectivity index (χ2n) is 10.5. The quantitative estimate of drug-likeness (QED) is 0.809. The SMILES string of the molecule is Cc1nn(-c2ccccc2)c(C)c1CN(C)C(=O)CC12C[C@@H]3C[C@@H](CC(O)(C3)C1)C2. The van der Waals surface area contributed by atoms with Gasteiger partial charge in [-0.15, -0.1) is 0 Å². The van der Waals surface area contributed by atoms with E-state index in [1.165, 1.54) is 6.42 Å². The van der Waals surface area contributed by atoms with Crippen LogP contribution in [0.2, 0.25) is 0 Å². The normalized spacial score (nSPS) is 31.9. The lowest BCUT2D eigenvalue weighted by atomic mass is 9.47. The van der Waals surface area contributed by atoms with E-state index in [2.05, 4.69) is 19.1 Å². The number of amides is 1. The molecule has 2 unspecified atom stereocenters. The molecule has 0 saturated heterocycles. The molecule has 0 spiro atoms. The number of para-hydroxylation sites is 1. The van der Waals surface area contributed by atoms with Crippen LogP contribution < -0.4 is 0 Å². The number of benzene rings is 1. The fraction of sp³-hybridized carbons (Fsp3) is 0.600. The van der Waals surface area contributed by atoms with Crippen LogP contribution in [-0.2, 0) is 11.3 Å². The summed E-state index contributed by atoms with van der Waals surface area (Å²) in [5.74, 6) is 1.43. The molecule has 5 nitrogen and oxygen atoms in total. The van der Waals surface area contributed by atoms with Gasteiger partial charge in [-0.25, -0.2) is 4.68 Å². The summed E-state index contributed by atoms with van der Waals surface area (Å²) >= 11 is 0. The third-order valence-electron chi connectivity index (χ3n) is 7.94. The Labute approximate surface area is 179 Å². The first-order valence-electron chi connectivity index (χ1n) is 11.3. The monoisotopic (exact) mass is 407 g/mol. The number of hydrogen-bond acceptors (Lipinski definition) is 3. The highest BCUT2D eigenvalue weighted by atomic mass is 16.3. The van der Waals surface area contributed by atoms with Crippen molar-refractivity contribution in [2.24, 2.45) is 17.3 Å². The van der Waals surface area contributed by atoms with Crippen molar-refractivity contribution < 1.29 is 9.90 Å². The van der Waals surface area contributed by atoms with Crippen LogP contribution in [0.15, 0.2) is 30.3 Å². The first kappa shape index (κ1) is 19.8. The van der Waals surface area contributed by atoms with E-state index in [4.69, 9.17) is 5.10 Å². The van der Waals surface area contributed by atoms with Gasteiger partial charge >= 0.3 is 0 Å². The summed E-state index contributed by atoms with van der Waals surface area (Å²) in [7, 11) is 1.91. The molecular weight excluding hydrogens is 374 g/mol. The summed E-state index contributed by atoms with van der Waals surface area (Å²) in [6, 6.07) is 10.1. The highest BCUT2D eigenvalue weighted by Gasteiger charge is 2.57. The lowest BCUT2D eigenvalue weighted by Crippen LogP contribution is -2.56. The van der Waals surface area contributed by atoms with Crippen molar-refractivity contribution in [1.82, 2.24) is 14.7 Å². The Balaban J connectivity index is 1.31. The van der Waals surface area contributed by atoms with Crippen LogP contribution in [0.25, 0.3) is 5.69 Å². The Morgan fingerprint density at radius 1 is 1.17 bits per heavy atom. The number of aromatic nitrogens is 2. The van der Waals surface area contributed by atoms with Crippen molar-refractivity contribution in [3.63, 3.8) is 0 Å². The number of carbonyl (C=O) groups excluding carboxylic acids is 1. The van der Waals surface area contributed by atoms with E-state index in [0.29, 0.717) is 24.8 Å². The molecular formula is C25H33N3O2. The Morgan fingerprint density at radius 2 is 1.83 bits per heavy atom. The number of aliphatic hydroxyl groups is 1. The van der Waals surface area contributed by atoms with E-state index in [-0.39, 0.29) is 11.3 Å². The Bertz CT molecular complexity index is 950. The Kier molecular flexibility index (Phi) is 4.58. The van der Waals surface area contributed by atoms with Gasteiger partial charge in [-0.3, -0.25) is 4.79 Å². The van der Waals surface area contributed by atoms with Crippen molar-refractivity contribution in [3.05, 3.63) is 47.3 Å². The smallest absolute Gasteiger partial charge is 0.223 e. The van der Waals surface area contributed by atoms with Gasteiger partial charge in [-0.05, 0) is 81.8 Å². The number of rotatable bonds is 5. The molecule has 4 fully saturated rings. The first-order valence-corrected chi connectivity index (χ1v) is 11.3. The summed E-state index contributed by atoms with van der Waals surface area (Å²) in [6.07, 6.45) is 6.79. The number of carbonyl (C=O) groups is 1. The molecule has 4 bridgehead atoms. The minimum Gasteiger partial charge on any atom is -0.390 e. The number of hydrogen-bond donors (Lipinski definition) is 1. The molecule has 0 radical (unpaired) electrons. The molecule has 4 atom stereocenters. The van der Waals surface area contributed by atoms with Crippen LogP contribution in [0.1, 0.15) is 61.9 Å². The average Bonchev–Trinajstić information content (AvgIpc) is 2.94. The second-order valence-corrected chi connectivity index (χ2v) is 10.5. The summed E-state index contributed by atoms with van der Waals surface area (Å²) in [5.41, 5.74) is 3.73. The van der Waals surface area contributed by atoms with Gasteiger partial charge in [-0.2, -0.15) is 5.10 Å². The minimum atomic E-state index is -0.507. The lowest BCUT2D eigenvalue weighted by molar-refractivity contribution is -0.171. The van der Waals surface area contributed by atoms with Crippen LogP contribution in [-0.4, -0.2) is 38.3 Å². The van der Waals surface area contributed by atoms with E-state index in [1.54, 1.807) is 0 Å². The molecule has 4 aliphatic rings. The van der Waals surface area contributed by atoms with Crippen LogP contribution in [0, 0.1) is 31.1 Å². The fourth-order valence-electron chi connectivity index (χ4n) is 7.11. The molecule has 1 amide bonds. The highest BCUT2D eigenvalue weighted by molar-refractivity contribution is 5.77. The zero-order valence-electron chi connectivity index (χ0n) is 18.4. The third-order valence-corrected chi connectivity index (χ3v) is 7.94. The van der Waals surface area contributed by atoms with Crippen LogP contribution >= 0.6 is 0 Å². The van der Waals surface area contributed by atoms with Gasteiger partial charge in [0.15, 0.2) is 0 Å². The first-order chi connectivity index (χ1) is 14.3. The molecule has 2 aromatic rings. The molecule has 4 aliphatic carbocycles. The molecule has 0 aliphatic heterocycles. The fourth-order valence-corrected chi connectivity index (χ4v) is 7.11. The predicted molar refractivity (Wildman–Crippen MR) is 116 cm³/mol. The molecule has 30 heavy (non-hydrogen) atoms. The molecule has 1 aromatic carbocycles. The lowest BCUT2D eigenvalue weighted by Gasteiger charge is -2.60. The molecule has 5 heteroatoms. The van der Waals surface area contributed by atoms with Crippen molar-refractivity contribution >= 4 is 5.91 Å². The van der Waals surface area contributed by atoms with E-state index in [0.717, 1.165) is 54.7 Å². The van der Waals surface area contributed by atoms with Gasteiger partial charge in [0.2, 0.25) is 5.91 Å². The molecule has 1 heterocycles. The maximum absolute atomic E-state index is 13.3. The molecule has 4 saturated carbocycles. The largest absolute Gasteiger partial charge is 0.390 e. The van der Waals surface area contributed by atoms with E-state index < -0.39 is 5.60 Å². The summed E-state index contributed by atoms with van der Waals surface area (Å²) in [5, 5.41) is 15.7. The van der Waals surface area contributed by atoms with Crippen molar-refractivity contribution in [3.8, 4) is 5.69 Å². The third kappa shape index (κ3) is 3.37. The predicted octanol–water partition coefficient (Wildman–Crippen LogP) is 4.17. The molecule has 1 N–H and O–H groups in total. The topological polar surface area (TPSA) is 58.4 Å². The Morgan fingerprint density at radius 3 is 2.47 bits per heavy atom. The van der Waals surface area contributed by atoms with Gasteiger partial charge in [-0.1, -0.05) is 18.2 Å². The van der Waals surface area contributed by atoms with Crippen LogP contribution in [0.4, 0.5) is 0 Å². The van der Waals surface area contributed by atoms with Gasteiger partial charge in [0.1, 0.15) is 0 Å². The molecule has 1 aromatic heterocycles. The maximum Gasteiger partial charge on any atom is 0.223 e. The number of nitrogens with zero attached hydrogens (tertiary/aromatic N) is 3. The van der Waals surface area contributed by atoms with E-state index in [9.17, 15) is 9.90 Å². The minimum absolute atomic E-state index is 0.0164.